The van der Waals surface area contributed by atoms with Crippen molar-refractivity contribution in [2.24, 2.45) is 5.10 Å². The van der Waals surface area contributed by atoms with Crippen LogP contribution in [0.3, 0.4) is 0 Å². The van der Waals surface area contributed by atoms with Crippen molar-refractivity contribution in [1.29, 1.82) is 0 Å². The summed E-state index contributed by atoms with van der Waals surface area (Å²) in [6.45, 7) is 2.30. The number of aromatic nitrogens is 6. The molecule has 4 heterocycles. The van der Waals surface area contributed by atoms with Gasteiger partial charge in [-0.2, -0.15) is 5.10 Å². The van der Waals surface area contributed by atoms with E-state index in [4.69, 9.17) is 0 Å². The zero-order valence-corrected chi connectivity index (χ0v) is 17.2. The fourth-order valence-corrected chi connectivity index (χ4v) is 3.32. The molecule has 0 aliphatic carbocycles. The highest BCUT2D eigenvalue weighted by molar-refractivity contribution is 6.00. The van der Waals surface area contributed by atoms with E-state index in [-0.39, 0.29) is 5.91 Å². The second-order valence-corrected chi connectivity index (χ2v) is 7.19. The topological polar surface area (TPSA) is 111 Å². The maximum absolute atomic E-state index is 12.2. The fourth-order valence-electron chi connectivity index (χ4n) is 3.32. The molecule has 4 aromatic heterocycles. The van der Waals surface area contributed by atoms with Crippen LogP contribution in [0.1, 0.15) is 28.5 Å². The van der Waals surface area contributed by atoms with Gasteiger partial charge >= 0.3 is 0 Å². The molecule has 156 valence electrons. The highest BCUT2D eigenvalue weighted by atomic mass is 16.2. The minimum Gasteiger partial charge on any atom is -0.267 e. The van der Waals surface area contributed by atoms with Gasteiger partial charge in [0.25, 0.3) is 5.91 Å². The quantitative estimate of drug-likeness (QED) is 0.344. The van der Waals surface area contributed by atoms with Crippen LogP contribution in [0.4, 0.5) is 0 Å². The number of carbonyl (C=O) groups is 1. The average Bonchev–Trinajstić information content (AvgIpc) is 3.24. The van der Waals surface area contributed by atoms with Gasteiger partial charge in [-0.1, -0.05) is 17.3 Å². The summed E-state index contributed by atoms with van der Waals surface area (Å²) in [5.41, 5.74) is 7.56. The van der Waals surface area contributed by atoms with Crippen LogP contribution in [0.15, 0.2) is 78.3 Å². The lowest BCUT2D eigenvalue weighted by atomic mass is 10.1. The van der Waals surface area contributed by atoms with Crippen molar-refractivity contribution in [3.05, 3.63) is 90.0 Å². The summed E-state index contributed by atoms with van der Waals surface area (Å²) in [5.74, 6) is -0.315. The normalized spacial score (nSPS) is 11.7. The van der Waals surface area contributed by atoms with Crippen LogP contribution < -0.4 is 5.43 Å². The molecule has 9 heteroatoms. The Balaban J connectivity index is 1.39. The maximum atomic E-state index is 12.2. The predicted molar refractivity (Wildman–Crippen MR) is 120 cm³/mol. The Labute approximate surface area is 182 Å². The maximum Gasteiger partial charge on any atom is 0.271 e. The molecule has 5 aromatic rings. The number of amides is 1. The third-order valence-corrected chi connectivity index (χ3v) is 5.00. The van der Waals surface area contributed by atoms with Crippen molar-refractivity contribution in [3.8, 4) is 0 Å². The van der Waals surface area contributed by atoms with Gasteiger partial charge < -0.3 is 0 Å². The number of hydrazone groups is 1. The first kappa shape index (κ1) is 19.4. The predicted octanol–water partition coefficient (Wildman–Crippen LogP) is 2.97. The third-order valence-electron chi connectivity index (χ3n) is 5.00. The monoisotopic (exact) mass is 422 g/mol. The Bertz CT molecular complexity index is 1460. The van der Waals surface area contributed by atoms with E-state index < -0.39 is 0 Å². The van der Waals surface area contributed by atoms with Gasteiger partial charge in [0.15, 0.2) is 5.65 Å². The van der Waals surface area contributed by atoms with Gasteiger partial charge in [0.2, 0.25) is 0 Å². The summed E-state index contributed by atoms with van der Waals surface area (Å²) >= 11 is 0. The SMILES string of the molecule is CC(=NNC(=O)c1ccncc1)c1ccc2nnn(Cc3ccc4ncccc4c3)c2n1. The van der Waals surface area contributed by atoms with E-state index in [9.17, 15) is 4.79 Å². The first-order valence-electron chi connectivity index (χ1n) is 9.96. The van der Waals surface area contributed by atoms with Crippen molar-refractivity contribution in [1.82, 2.24) is 35.4 Å². The van der Waals surface area contributed by atoms with E-state index >= 15 is 0 Å². The molecule has 0 aliphatic rings. The van der Waals surface area contributed by atoms with Crippen LogP contribution in [0.2, 0.25) is 0 Å². The Kier molecular flexibility index (Phi) is 5.04. The number of benzene rings is 1. The van der Waals surface area contributed by atoms with E-state index in [1.54, 1.807) is 48.4 Å². The highest BCUT2D eigenvalue weighted by Crippen LogP contribution is 2.16. The highest BCUT2D eigenvalue weighted by Gasteiger charge is 2.11. The van der Waals surface area contributed by atoms with Crippen LogP contribution in [-0.4, -0.2) is 41.6 Å². The Morgan fingerprint density at radius 2 is 1.88 bits per heavy atom. The van der Waals surface area contributed by atoms with Crippen molar-refractivity contribution >= 4 is 33.7 Å². The average molecular weight is 422 g/mol. The lowest BCUT2D eigenvalue weighted by Gasteiger charge is -2.06. The van der Waals surface area contributed by atoms with Crippen LogP contribution >= 0.6 is 0 Å². The smallest absolute Gasteiger partial charge is 0.267 e. The summed E-state index contributed by atoms with van der Waals surface area (Å²) < 4.78 is 1.75. The standard InChI is InChI=1S/C23H18N8O/c1-15(27-29-23(32)17-8-11-24-12-9-17)19-6-7-21-22(26-19)31(30-28-21)14-16-4-5-20-18(13-16)3-2-10-25-20/h2-13H,14H2,1H3,(H,29,32). The molecule has 0 aliphatic heterocycles. The number of fused-ring (bicyclic) bond motifs is 2. The van der Waals surface area contributed by atoms with Crippen LogP contribution in [0.25, 0.3) is 22.1 Å². The van der Waals surface area contributed by atoms with Crippen molar-refractivity contribution in [2.75, 3.05) is 0 Å². The summed E-state index contributed by atoms with van der Waals surface area (Å²) in [7, 11) is 0. The number of rotatable bonds is 5. The molecule has 1 aromatic carbocycles. The van der Waals surface area contributed by atoms with Crippen molar-refractivity contribution in [2.45, 2.75) is 13.5 Å². The van der Waals surface area contributed by atoms with Gasteiger partial charge in [0, 0.05) is 29.5 Å². The molecule has 5 rings (SSSR count). The molecule has 0 spiro atoms. The molecule has 1 amide bonds. The second kappa shape index (κ2) is 8.31. The molecule has 0 saturated heterocycles. The molecule has 9 nitrogen and oxygen atoms in total. The van der Waals surface area contributed by atoms with Gasteiger partial charge in [0.1, 0.15) is 5.52 Å². The van der Waals surface area contributed by atoms with E-state index in [2.05, 4.69) is 41.9 Å². The van der Waals surface area contributed by atoms with E-state index in [1.165, 1.54) is 0 Å². The van der Waals surface area contributed by atoms with Crippen LogP contribution in [-0.2, 0) is 6.54 Å². The fraction of sp³-hybridized carbons (Fsp3) is 0.0870. The van der Waals surface area contributed by atoms with Crippen LogP contribution in [0, 0.1) is 0 Å². The van der Waals surface area contributed by atoms with E-state index in [0.29, 0.717) is 34.7 Å². The molecule has 0 saturated carbocycles. The molecule has 1 N–H and O–H groups in total. The minimum absolute atomic E-state index is 0.315. The third kappa shape index (κ3) is 3.91. The lowest BCUT2D eigenvalue weighted by Crippen LogP contribution is -2.19. The minimum atomic E-state index is -0.315. The summed E-state index contributed by atoms with van der Waals surface area (Å²) in [4.78, 5) is 25.1. The first-order valence-corrected chi connectivity index (χ1v) is 9.96. The number of nitrogens with one attached hydrogen (secondary N) is 1. The van der Waals surface area contributed by atoms with Gasteiger partial charge in [-0.3, -0.25) is 14.8 Å². The number of hydrogen-bond donors (Lipinski definition) is 1. The number of carbonyl (C=O) groups excluding carboxylic acids is 1. The summed E-state index contributed by atoms with van der Waals surface area (Å²) in [5, 5.41) is 13.7. The van der Waals surface area contributed by atoms with Gasteiger partial charge in [-0.05, 0) is 55.0 Å². The number of pyridine rings is 3. The Morgan fingerprint density at radius 1 is 1.03 bits per heavy atom. The molecule has 0 fully saturated rings. The molecule has 0 unspecified atom stereocenters. The second-order valence-electron chi connectivity index (χ2n) is 7.19. The van der Waals surface area contributed by atoms with E-state index in [1.807, 2.05) is 30.3 Å². The van der Waals surface area contributed by atoms with Crippen molar-refractivity contribution < 1.29 is 4.79 Å². The summed E-state index contributed by atoms with van der Waals surface area (Å²) in [6, 6.07) is 16.9. The van der Waals surface area contributed by atoms with Crippen LogP contribution in [0.5, 0.6) is 0 Å². The molecule has 0 radical (unpaired) electrons. The molecule has 0 atom stereocenters. The zero-order chi connectivity index (χ0) is 21.9. The summed E-state index contributed by atoms with van der Waals surface area (Å²) in [6.07, 6.45) is 4.89. The number of nitrogens with zero attached hydrogens (tertiary/aromatic N) is 7. The van der Waals surface area contributed by atoms with Gasteiger partial charge in [-0.15, -0.1) is 5.10 Å². The molecular weight excluding hydrogens is 404 g/mol. The number of hydrogen-bond acceptors (Lipinski definition) is 7. The van der Waals surface area contributed by atoms with E-state index in [0.717, 1.165) is 16.5 Å². The molecular formula is C23H18N8O. The first-order chi connectivity index (χ1) is 15.7. The Morgan fingerprint density at radius 3 is 2.75 bits per heavy atom. The van der Waals surface area contributed by atoms with Gasteiger partial charge in [0.05, 0.1) is 23.5 Å². The Hall–Kier alpha value is -4.53. The van der Waals surface area contributed by atoms with Gasteiger partial charge in [-0.25, -0.2) is 15.1 Å². The largest absolute Gasteiger partial charge is 0.271 e. The molecule has 32 heavy (non-hydrogen) atoms. The van der Waals surface area contributed by atoms with Crippen molar-refractivity contribution in [3.63, 3.8) is 0 Å². The lowest BCUT2D eigenvalue weighted by molar-refractivity contribution is 0.0954. The zero-order valence-electron chi connectivity index (χ0n) is 17.2. The molecule has 0 bridgehead atoms.